The van der Waals surface area contributed by atoms with E-state index in [0.717, 1.165) is 25.1 Å². The summed E-state index contributed by atoms with van der Waals surface area (Å²) in [4.78, 5) is 12.3. The van der Waals surface area contributed by atoms with E-state index in [9.17, 15) is 9.90 Å². The molecule has 1 amide bonds. The third kappa shape index (κ3) is 2.96. The Morgan fingerprint density at radius 3 is 2.75 bits per heavy atom. The van der Waals surface area contributed by atoms with Gasteiger partial charge in [0.2, 0.25) is 5.91 Å². The fourth-order valence-electron chi connectivity index (χ4n) is 2.80. The van der Waals surface area contributed by atoms with Gasteiger partial charge in [-0.25, -0.2) is 0 Å². The van der Waals surface area contributed by atoms with E-state index in [-0.39, 0.29) is 18.4 Å². The van der Waals surface area contributed by atoms with Crippen LogP contribution in [-0.2, 0) is 4.79 Å². The quantitative estimate of drug-likeness (QED) is 0.747. The average molecular weight is 276 g/mol. The smallest absolute Gasteiger partial charge is 0.221 e. The first kappa shape index (κ1) is 14.9. The monoisotopic (exact) mass is 276 g/mol. The molecule has 0 spiro atoms. The molecule has 2 rings (SSSR count). The van der Waals surface area contributed by atoms with Gasteiger partial charge in [-0.15, -0.1) is 0 Å². The van der Waals surface area contributed by atoms with Gasteiger partial charge < -0.3 is 15.7 Å². The summed E-state index contributed by atoms with van der Waals surface area (Å²) in [5, 5.41) is 15.9. The fourth-order valence-corrected chi connectivity index (χ4v) is 2.80. The first-order valence-electron chi connectivity index (χ1n) is 7.38. The van der Waals surface area contributed by atoms with Gasteiger partial charge >= 0.3 is 0 Å². The van der Waals surface area contributed by atoms with Gasteiger partial charge in [0.25, 0.3) is 0 Å². The Morgan fingerprint density at radius 1 is 1.40 bits per heavy atom. The third-order valence-electron chi connectivity index (χ3n) is 4.43. The Kier molecular flexibility index (Phi) is 4.65. The zero-order valence-electron chi connectivity index (χ0n) is 12.3. The summed E-state index contributed by atoms with van der Waals surface area (Å²) in [6, 6.07) is 8.13. The molecule has 1 unspecified atom stereocenters. The van der Waals surface area contributed by atoms with Crippen LogP contribution < -0.4 is 10.6 Å². The van der Waals surface area contributed by atoms with Crippen molar-refractivity contribution in [3.05, 3.63) is 29.8 Å². The highest BCUT2D eigenvalue weighted by Gasteiger charge is 2.30. The molecule has 0 saturated heterocycles. The number of hydrogen-bond acceptors (Lipinski definition) is 3. The standard InChI is InChI=1S/C16H24N2O2/c1-3-16(4-2,11-19)18-15(20)9-12-10-17-14-8-6-5-7-13(12)14/h5-8,12,17,19H,3-4,9-11H2,1-2H3,(H,18,20). The van der Waals surface area contributed by atoms with Crippen molar-refractivity contribution in [1.82, 2.24) is 5.32 Å². The van der Waals surface area contributed by atoms with Crippen LogP contribution in [0.1, 0.15) is 44.6 Å². The maximum absolute atomic E-state index is 12.3. The molecule has 0 bridgehead atoms. The number of nitrogens with one attached hydrogen (secondary N) is 2. The highest BCUT2D eigenvalue weighted by atomic mass is 16.3. The second-order valence-corrected chi connectivity index (χ2v) is 5.56. The molecule has 3 N–H and O–H groups in total. The average Bonchev–Trinajstić information content (AvgIpc) is 2.88. The molecule has 0 radical (unpaired) electrons. The summed E-state index contributed by atoms with van der Waals surface area (Å²) in [6.07, 6.45) is 1.95. The molecule has 4 nitrogen and oxygen atoms in total. The van der Waals surface area contributed by atoms with Crippen molar-refractivity contribution in [2.75, 3.05) is 18.5 Å². The Hall–Kier alpha value is -1.55. The van der Waals surface area contributed by atoms with Gasteiger partial charge in [0.15, 0.2) is 0 Å². The predicted octanol–water partition coefficient (Wildman–Crippen LogP) is 2.25. The van der Waals surface area contributed by atoms with Gasteiger partial charge in [-0.1, -0.05) is 32.0 Å². The van der Waals surface area contributed by atoms with Crippen molar-refractivity contribution in [3.63, 3.8) is 0 Å². The summed E-state index contributed by atoms with van der Waals surface area (Å²) in [5.74, 6) is 0.238. The first-order chi connectivity index (χ1) is 9.64. The minimum Gasteiger partial charge on any atom is -0.394 e. The second-order valence-electron chi connectivity index (χ2n) is 5.56. The predicted molar refractivity (Wildman–Crippen MR) is 80.8 cm³/mol. The molecule has 1 heterocycles. The number of para-hydroxylation sites is 1. The molecule has 1 aliphatic rings. The van der Waals surface area contributed by atoms with Crippen LogP contribution in [0, 0.1) is 0 Å². The zero-order chi connectivity index (χ0) is 14.6. The van der Waals surface area contributed by atoms with E-state index in [1.165, 1.54) is 5.56 Å². The number of aliphatic hydroxyl groups excluding tert-OH is 1. The van der Waals surface area contributed by atoms with Crippen LogP contribution in [-0.4, -0.2) is 29.7 Å². The minimum absolute atomic E-state index is 0.00869. The molecule has 110 valence electrons. The van der Waals surface area contributed by atoms with E-state index >= 15 is 0 Å². The molecule has 1 aromatic carbocycles. The van der Waals surface area contributed by atoms with Gasteiger partial charge in [-0.2, -0.15) is 0 Å². The Balaban J connectivity index is 1.99. The Labute approximate surface area is 120 Å². The summed E-state index contributed by atoms with van der Waals surface area (Å²) < 4.78 is 0. The van der Waals surface area contributed by atoms with Crippen molar-refractivity contribution >= 4 is 11.6 Å². The van der Waals surface area contributed by atoms with Crippen molar-refractivity contribution < 1.29 is 9.90 Å². The van der Waals surface area contributed by atoms with Gasteiger partial charge in [0.05, 0.1) is 12.1 Å². The number of benzene rings is 1. The van der Waals surface area contributed by atoms with Crippen molar-refractivity contribution in [2.24, 2.45) is 0 Å². The largest absolute Gasteiger partial charge is 0.394 e. The van der Waals surface area contributed by atoms with Gasteiger partial charge in [0.1, 0.15) is 0 Å². The van der Waals surface area contributed by atoms with Crippen LogP contribution in [0.25, 0.3) is 0 Å². The van der Waals surface area contributed by atoms with Crippen LogP contribution >= 0.6 is 0 Å². The lowest BCUT2D eigenvalue weighted by molar-refractivity contribution is -0.124. The van der Waals surface area contributed by atoms with E-state index in [2.05, 4.69) is 16.7 Å². The first-order valence-corrected chi connectivity index (χ1v) is 7.38. The molecule has 1 atom stereocenters. The maximum atomic E-state index is 12.3. The summed E-state index contributed by atoms with van der Waals surface area (Å²) in [7, 11) is 0. The maximum Gasteiger partial charge on any atom is 0.221 e. The van der Waals surface area contributed by atoms with E-state index < -0.39 is 5.54 Å². The highest BCUT2D eigenvalue weighted by molar-refractivity contribution is 5.79. The minimum atomic E-state index is -0.470. The van der Waals surface area contributed by atoms with E-state index in [1.807, 2.05) is 32.0 Å². The molecular weight excluding hydrogens is 252 g/mol. The van der Waals surface area contributed by atoms with Crippen molar-refractivity contribution in [1.29, 1.82) is 0 Å². The fraction of sp³-hybridized carbons (Fsp3) is 0.562. The number of fused-ring (bicyclic) bond motifs is 1. The summed E-state index contributed by atoms with van der Waals surface area (Å²) in [5.41, 5.74) is 1.87. The number of amides is 1. The van der Waals surface area contributed by atoms with Gasteiger partial charge in [-0.3, -0.25) is 4.79 Å². The van der Waals surface area contributed by atoms with E-state index in [1.54, 1.807) is 0 Å². The molecule has 0 fully saturated rings. The topological polar surface area (TPSA) is 61.4 Å². The van der Waals surface area contributed by atoms with E-state index in [4.69, 9.17) is 0 Å². The number of aliphatic hydroxyl groups is 1. The molecule has 1 aromatic rings. The lowest BCUT2D eigenvalue weighted by atomic mass is 9.92. The number of carbonyl (C=O) groups is 1. The number of hydrogen-bond donors (Lipinski definition) is 3. The summed E-state index contributed by atoms with van der Waals surface area (Å²) >= 11 is 0. The van der Waals surface area contributed by atoms with Crippen LogP contribution in [0.4, 0.5) is 5.69 Å². The Morgan fingerprint density at radius 2 is 2.10 bits per heavy atom. The van der Waals surface area contributed by atoms with Gasteiger partial charge in [0, 0.05) is 24.6 Å². The molecule has 1 aliphatic heterocycles. The second kappa shape index (κ2) is 6.27. The highest BCUT2D eigenvalue weighted by Crippen LogP contribution is 2.33. The van der Waals surface area contributed by atoms with Crippen LogP contribution in [0.3, 0.4) is 0 Å². The molecule has 0 aromatic heterocycles. The summed E-state index contributed by atoms with van der Waals surface area (Å²) in [6.45, 7) is 4.78. The lowest BCUT2D eigenvalue weighted by Gasteiger charge is -2.31. The van der Waals surface area contributed by atoms with E-state index in [0.29, 0.717) is 6.42 Å². The van der Waals surface area contributed by atoms with Crippen molar-refractivity contribution in [2.45, 2.75) is 44.6 Å². The van der Waals surface area contributed by atoms with Crippen LogP contribution in [0.5, 0.6) is 0 Å². The zero-order valence-corrected chi connectivity index (χ0v) is 12.3. The molecule has 0 saturated carbocycles. The number of carbonyl (C=O) groups excluding carboxylic acids is 1. The normalized spacial score (nSPS) is 17.4. The number of anilines is 1. The van der Waals surface area contributed by atoms with Crippen molar-refractivity contribution in [3.8, 4) is 0 Å². The molecule has 20 heavy (non-hydrogen) atoms. The SMILES string of the molecule is CCC(CC)(CO)NC(=O)CC1CNc2ccccc21. The van der Waals surface area contributed by atoms with Crippen LogP contribution in [0.15, 0.2) is 24.3 Å². The number of rotatable bonds is 6. The Bertz CT molecular complexity index is 461. The third-order valence-corrected chi connectivity index (χ3v) is 4.43. The van der Waals surface area contributed by atoms with Crippen LogP contribution in [0.2, 0.25) is 0 Å². The van der Waals surface area contributed by atoms with Gasteiger partial charge in [-0.05, 0) is 24.5 Å². The molecule has 4 heteroatoms. The molecule has 0 aliphatic carbocycles. The molecular formula is C16H24N2O2. The lowest BCUT2D eigenvalue weighted by Crippen LogP contribution is -2.50.